The van der Waals surface area contributed by atoms with Crippen molar-refractivity contribution in [3.63, 3.8) is 0 Å². The van der Waals surface area contributed by atoms with Crippen LogP contribution in [0.25, 0.3) is 0 Å². The second-order valence-corrected chi connectivity index (χ2v) is 8.17. The molecule has 0 saturated heterocycles. The van der Waals surface area contributed by atoms with Gasteiger partial charge in [0.2, 0.25) is 11.8 Å². The molecule has 2 amide bonds. The quantitative estimate of drug-likeness (QED) is 0.545. The standard InChI is InChI=1S/C24H25N3O2S/c1-4-15-27(16-21(28)26-24-25-17(2)18(3)30-24)23(29)22(19-11-7-5-8-12-19)20-13-9-6-10-14-20/h4-14,22H,1,15-16H2,2-3H3,(H,25,26,28). The number of aryl methyl sites for hydroxylation is 2. The van der Waals surface area contributed by atoms with E-state index >= 15 is 0 Å². The number of thiazole rings is 1. The Hall–Kier alpha value is -3.25. The van der Waals surface area contributed by atoms with Crippen LogP contribution < -0.4 is 5.32 Å². The van der Waals surface area contributed by atoms with Gasteiger partial charge in [-0.25, -0.2) is 4.98 Å². The summed E-state index contributed by atoms with van der Waals surface area (Å²) in [5.41, 5.74) is 2.66. The maximum Gasteiger partial charge on any atom is 0.245 e. The van der Waals surface area contributed by atoms with Gasteiger partial charge in [0, 0.05) is 11.4 Å². The molecule has 0 aliphatic heterocycles. The molecule has 0 unspecified atom stereocenters. The van der Waals surface area contributed by atoms with E-state index in [2.05, 4.69) is 16.9 Å². The van der Waals surface area contributed by atoms with Crippen LogP contribution in [0, 0.1) is 13.8 Å². The van der Waals surface area contributed by atoms with Crippen molar-refractivity contribution in [1.29, 1.82) is 0 Å². The number of carbonyl (C=O) groups is 2. The number of anilines is 1. The molecule has 0 fully saturated rings. The predicted octanol–water partition coefficient (Wildman–Crippen LogP) is 4.55. The summed E-state index contributed by atoms with van der Waals surface area (Å²) in [5, 5.41) is 3.35. The average molecular weight is 420 g/mol. The first-order valence-corrected chi connectivity index (χ1v) is 10.5. The summed E-state index contributed by atoms with van der Waals surface area (Å²) in [6.07, 6.45) is 1.63. The minimum Gasteiger partial charge on any atom is -0.329 e. The van der Waals surface area contributed by atoms with Crippen molar-refractivity contribution < 1.29 is 9.59 Å². The van der Waals surface area contributed by atoms with E-state index in [0.717, 1.165) is 21.7 Å². The fourth-order valence-electron chi connectivity index (χ4n) is 3.20. The lowest BCUT2D eigenvalue weighted by atomic mass is 9.90. The largest absolute Gasteiger partial charge is 0.329 e. The van der Waals surface area contributed by atoms with Crippen molar-refractivity contribution in [3.8, 4) is 0 Å². The summed E-state index contributed by atoms with van der Waals surface area (Å²) < 4.78 is 0. The van der Waals surface area contributed by atoms with Crippen LogP contribution in [0.2, 0.25) is 0 Å². The summed E-state index contributed by atoms with van der Waals surface area (Å²) in [5.74, 6) is -0.919. The third kappa shape index (κ3) is 5.21. The Kier molecular flexibility index (Phi) is 7.14. The molecule has 30 heavy (non-hydrogen) atoms. The van der Waals surface area contributed by atoms with Crippen molar-refractivity contribution in [3.05, 3.63) is 95.0 Å². The number of hydrogen-bond acceptors (Lipinski definition) is 4. The number of nitrogens with one attached hydrogen (secondary N) is 1. The van der Waals surface area contributed by atoms with Crippen molar-refractivity contribution in [1.82, 2.24) is 9.88 Å². The van der Waals surface area contributed by atoms with Gasteiger partial charge in [-0.2, -0.15) is 0 Å². The Labute approximate surface area is 181 Å². The van der Waals surface area contributed by atoms with Crippen molar-refractivity contribution in [2.75, 3.05) is 18.4 Å². The Morgan fingerprint density at radius 1 is 1.07 bits per heavy atom. The summed E-state index contributed by atoms with van der Waals surface area (Å²) in [6.45, 7) is 7.82. The molecule has 5 nitrogen and oxygen atoms in total. The fraction of sp³-hybridized carbons (Fsp3) is 0.208. The third-order valence-electron chi connectivity index (χ3n) is 4.78. The highest BCUT2D eigenvalue weighted by Crippen LogP contribution is 2.27. The first kappa shape index (κ1) is 21.5. The Bertz CT molecular complexity index is 956. The number of nitrogens with zero attached hydrogens (tertiary/aromatic N) is 2. The summed E-state index contributed by atoms with van der Waals surface area (Å²) in [7, 11) is 0. The van der Waals surface area contributed by atoms with Gasteiger partial charge in [-0.05, 0) is 25.0 Å². The zero-order valence-electron chi connectivity index (χ0n) is 17.2. The number of amides is 2. The Morgan fingerprint density at radius 3 is 2.10 bits per heavy atom. The zero-order chi connectivity index (χ0) is 21.5. The number of rotatable bonds is 8. The molecule has 1 heterocycles. The van der Waals surface area contributed by atoms with E-state index in [0.29, 0.717) is 5.13 Å². The zero-order valence-corrected chi connectivity index (χ0v) is 18.0. The molecule has 154 valence electrons. The molecular formula is C24H25N3O2S. The molecule has 0 aliphatic rings. The SMILES string of the molecule is C=CCN(CC(=O)Nc1nc(C)c(C)s1)C(=O)C(c1ccccc1)c1ccccc1. The average Bonchev–Trinajstić information content (AvgIpc) is 3.06. The van der Waals surface area contributed by atoms with Gasteiger partial charge < -0.3 is 10.2 Å². The van der Waals surface area contributed by atoms with Gasteiger partial charge in [0.25, 0.3) is 0 Å². The van der Waals surface area contributed by atoms with Crippen LogP contribution in [0.1, 0.15) is 27.6 Å². The van der Waals surface area contributed by atoms with Crippen LogP contribution in [-0.4, -0.2) is 34.8 Å². The van der Waals surface area contributed by atoms with E-state index in [1.807, 2.05) is 74.5 Å². The molecule has 0 atom stereocenters. The highest BCUT2D eigenvalue weighted by Gasteiger charge is 2.28. The Morgan fingerprint density at radius 2 is 1.63 bits per heavy atom. The summed E-state index contributed by atoms with van der Waals surface area (Å²) in [6, 6.07) is 19.2. The van der Waals surface area contributed by atoms with Crippen molar-refractivity contribution >= 4 is 28.3 Å². The lowest BCUT2D eigenvalue weighted by Crippen LogP contribution is -2.41. The number of benzene rings is 2. The summed E-state index contributed by atoms with van der Waals surface area (Å²) >= 11 is 1.42. The highest BCUT2D eigenvalue weighted by molar-refractivity contribution is 7.15. The first-order valence-electron chi connectivity index (χ1n) is 9.73. The number of hydrogen-bond donors (Lipinski definition) is 1. The normalized spacial score (nSPS) is 10.6. The van der Waals surface area contributed by atoms with Crippen molar-refractivity contribution in [2.24, 2.45) is 0 Å². The fourth-order valence-corrected chi connectivity index (χ4v) is 4.03. The van der Waals surface area contributed by atoms with Crippen LogP contribution >= 0.6 is 11.3 Å². The third-order valence-corrected chi connectivity index (χ3v) is 5.77. The lowest BCUT2D eigenvalue weighted by Gasteiger charge is -2.26. The maximum atomic E-state index is 13.6. The molecule has 1 aromatic heterocycles. The van der Waals surface area contributed by atoms with E-state index in [1.54, 1.807) is 6.08 Å². The minimum absolute atomic E-state index is 0.0707. The molecule has 3 aromatic rings. The van der Waals surface area contributed by atoms with E-state index in [-0.39, 0.29) is 24.9 Å². The second-order valence-electron chi connectivity index (χ2n) is 6.97. The van der Waals surface area contributed by atoms with E-state index in [9.17, 15) is 9.59 Å². The molecule has 3 rings (SSSR count). The van der Waals surface area contributed by atoms with Crippen LogP contribution in [0.4, 0.5) is 5.13 Å². The number of aromatic nitrogens is 1. The van der Waals surface area contributed by atoms with E-state index in [4.69, 9.17) is 0 Å². The Balaban J connectivity index is 1.84. The van der Waals surface area contributed by atoms with Gasteiger partial charge in [0.1, 0.15) is 6.54 Å². The smallest absolute Gasteiger partial charge is 0.245 e. The van der Waals surface area contributed by atoms with Crippen LogP contribution in [0.5, 0.6) is 0 Å². The molecule has 2 aromatic carbocycles. The lowest BCUT2D eigenvalue weighted by molar-refractivity contribution is -0.134. The van der Waals surface area contributed by atoms with E-state index < -0.39 is 5.92 Å². The maximum absolute atomic E-state index is 13.6. The van der Waals surface area contributed by atoms with E-state index in [1.165, 1.54) is 16.2 Å². The molecular weight excluding hydrogens is 394 g/mol. The van der Waals surface area contributed by atoms with Crippen LogP contribution in [0.3, 0.4) is 0 Å². The molecule has 0 bridgehead atoms. The van der Waals surface area contributed by atoms with Crippen LogP contribution in [-0.2, 0) is 9.59 Å². The second kappa shape index (κ2) is 9.98. The van der Waals surface area contributed by atoms with Crippen LogP contribution in [0.15, 0.2) is 73.3 Å². The van der Waals surface area contributed by atoms with Gasteiger partial charge in [-0.1, -0.05) is 66.7 Å². The monoisotopic (exact) mass is 419 g/mol. The minimum atomic E-state index is -0.496. The summed E-state index contributed by atoms with van der Waals surface area (Å²) in [4.78, 5) is 33.1. The van der Waals surface area contributed by atoms with Crippen molar-refractivity contribution in [2.45, 2.75) is 19.8 Å². The highest BCUT2D eigenvalue weighted by atomic mass is 32.1. The van der Waals surface area contributed by atoms with Gasteiger partial charge >= 0.3 is 0 Å². The number of carbonyl (C=O) groups excluding carboxylic acids is 2. The molecule has 0 radical (unpaired) electrons. The predicted molar refractivity (Wildman–Crippen MR) is 122 cm³/mol. The first-order chi connectivity index (χ1) is 14.5. The van der Waals surface area contributed by atoms with Gasteiger partial charge in [-0.3, -0.25) is 9.59 Å². The van der Waals surface area contributed by atoms with Gasteiger partial charge in [0.15, 0.2) is 5.13 Å². The molecule has 6 heteroatoms. The van der Waals surface area contributed by atoms with Gasteiger partial charge in [0.05, 0.1) is 11.6 Å². The molecule has 0 spiro atoms. The molecule has 0 aliphatic carbocycles. The van der Waals surface area contributed by atoms with Gasteiger partial charge in [-0.15, -0.1) is 17.9 Å². The molecule has 1 N–H and O–H groups in total. The topological polar surface area (TPSA) is 62.3 Å². The molecule has 0 saturated carbocycles.